The van der Waals surface area contributed by atoms with Crippen LogP contribution in [0.4, 0.5) is 18.9 Å². The van der Waals surface area contributed by atoms with E-state index in [1.807, 2.05) is 0 Å². The molecule has 2 rings (SSSR count). The van der Waals surface area contributed by atoms with Gasteiger partial charge < -0.3 is 5.32 Å². The Balaban J connectivity index is 2.19. The van der Waals surface area contributed by atoms with Gasteiger partial charge in [-0.1, -0.05) is 41.4 Å². The highest BCUT2D eigenvalue weighted by Crippen LogP contribution is 2.35. The predicted octanol–water partition coefficient (Wildman–Crippen LogP) is 5.62. The van der Waals surface area contributed by atoms with Crippen LogP contribution >= 0.6 is 23.2 Å². The summed E-state index contributed by atoms with van der Waals surface area (Å²) < 4.78 is 38.5. The van der Waals surface area contributed by atoms with Gasteiger partial charge in [-0.25, -0.2) is 0 Å². The Bertz CT molecular complexity index is 612. The molecule has 2 aromatic rings. The molecule has 0 heterocycles. The Labute approximate surface area is 124 Å². The Morgan fingerprint density at radius 1 is 1.00 bits per heavy atom. The van der Waals surface area contributed by atoms with Crippen molar-refractivity contribution < 1.29 is 13.2 Å². The fraction of sp³-hybridized carbons (Fsp3) is 0.143. The average Bonchev–Trinajstić information content (AvgIpc) is 2.37. The average molecular weight is 320 g/mol. The first-order valence-electron chi connectivity index (χ1n) is 5.72. The predicted molar refractivity (Wildman–Crippen MR) is 75.2 cm³/mol. The molecule has 0 saturated heterocycles. The molecule has 6 heteroatoms. The molecule has 0 radical (unpaired) electrons. The third kappa shape index (κ3) is 3.58. The standard InChI is InChI=1S/C14H10Cl2F3N/c15-10-6-5-9(12(16)7-10)8-20-13-4-2-1-3-11(13)14(17,18)19/h1-7,20H,8H2. The van der Waals surface area contributed by atoms with E-state index in [1.54, 1.807) is 24.3 Å². The third-order valence-electron chi connectivity index (χ3n) is 2.72. The number of anilines is 1. The van der Waals surface area contributed by atoms with Gasteiger partial charge in [0.25, 0.3) is 0 Å². The van der Waals surface area contributed by atoms with Crippen molar-refractivity contribution in [3.8, 4) is 0 Å². The normalized spacial score (nSPS) is 11.4. The summed E-state index contributed by atoms with van der Waals surface area (Å²) in [7, 11) is 0. The summed E-state index contributed by atoms with van der Waals surface area (Å²) in [5.74, 6) is 0. The molecule has 0 atom stereocenters. The monoisotopic (exact) mass is 319 g/mol. The van der Waals surface area contributed by atoms with E-state index < -0.39 is 11.7 Å². The summed E-state index contributed by atoms with van der Waals surface area (Å²) in [6, 6.07) is 10.2. The molecule has 0 fully saturated rings. The van der Waals surface area contributed by atoms with Crippen molar-refractivity contribution in [1.82, 2.24) is 0 Å². The molecule has 0 amide bonds. The molecule has 1 N–H and O–H groups in total. The minimum Gasteiger partial charge on any atom is -0.380 e. The van der Waals surface area contributed by atoms with Crippen molar-refractivity contribution in [2.45, 2.75) is 12.7 Å². The Hall–Kier alpha value is -1.39. The zero-order valence-corrected chi connectivity index (χ0v) is 11.7. The lowest BCUT2D eigenvalue weighted by molar-refractivity contribution is -0.136. The lowest BCUT2D eigenvalue weighted by Gasteiger charge is -2.14. The summed E-state index contributed by atoms with van der Waals surface area (Å²) >= 11 is 11.7. The van der Waals surface area contributed by atoms with E-state index >= 15 is 0 Å². The number of nitrogens with one attached hydrogen (secondary N) is 1. The molecule has 2 aromatic carbocycles. The minimum absolute atomic E-state index is 0.0195. The quantitative estimate of drug-likeness (QED) is 0.773. The van der Waals surface area contributed by atoms with Gasteiger partial charge in [-0.3, -0.25) is 0 Å². The van der Waals surface area contributed by atoms with Crippen molar-refractivity contribution in [3.63, 3.8) is 0 Å². The van der Waals surface area contributed by atoms with Gasteiger partial charge in [0.05, 0.1) is 5.56 Å². The second-order valence-corrected chi connectivity index (χ2v) is 4.98. The van der Waals surface area contributed by atoms with Crippen LogP contribution in [0.25, 0.3) is 0 Å². The number of para-hydroxylation sites is 1. The molecule has 0 spiro atoms. The number of rotatable bonds is 3. The molecule has 1 nitrogen and oxygen atoms in total. The van der Waals surface area contributed by atoms with Crippen molar-refractivity contribution >= 4 is 28.9 Å². The van der Waals surface area contributed by atoms with E-state index in [2.05, 4.69) is 5.32 Å². The van der Waals surface area contributed by atoms with Crippen LogP contribution in [0.1, 0.15) is 11.1 Å². The second kappa shape index (κ2) is 5.94. The van der Waals surface area contributed by atoms with Crippen LogP contribution in [0.15, 0.2) is 42.5 Å². The van der Waals surface area contributed by atoms with Gasteiger partial charge in [0, 0.05) is 22.3 Å². The smallest absolute Gasteiger partial charge is 0.380 e. The minimum atomic E-state index is -4.40. The molecule has 0 saturated carbocycles. The highest BCUT2D eigenvalue weighted by molar-refractivity contribution is 6.35. The van der Waals surface area contributed by atoms with Gasteiger partial charge in [-0.05, 0) is 29.8 Å². The number of benzene rings is 2. The molecular formula is C14H10Cl2F3N. The van der Waals surface area contributed by atoms with Crippen molar-refractivity contribution in [3.05, 3.63) is 63.6 Å². The number of hydrogen-bond acceptors (Lipinski definition) is 1. The van der Waals surface area contributed by atoms with Crippen LogP contribution < -0.4 is 5.32 Å². The summed E-state index contributed by atoms with van der Waals surface area (Å²) in [5.41, 5.74) is -0.0100. The maximum atomic E-state index is 12.8. The van der Waals surface area contributed by atoms with Gasteiger partial charge in [-0.15, -0.1) is 0 Å². The lowest BCUT2D eigenvalue weighted by atomic mass is 10.1. The number of hydrogen-bond donors (Lipinski definition) is 1. The highest BCUT2D eigenvalue weighted by Gasteiger charge is 2.33. The third-order valence-corrected chi connectivity index (χ3v) is 3.30. The molecule has 0 aliphatic heterocycles. The summed E-state index contributed by atoms with van der Waals surface area (Å²) in [4.78, 5) is 0. The molecule has 0 aliphatic carbocycles. The van der Waals surface area contributed by atoms with E-state index in [-0.39, 0.29) is 12.2 Å². The fourth-order valence-electron chi connectivity index (χ4n) is 1.74. The van der Waals surface area contributed by atoms with E-state index in [1.165, 1.54) is 12.1 Å². The first-order valence-corrected chi connectivity index (χ1v) is 6.47. The molecular weight excluding hydrogens is 310 g/mol. The van der Waals surface area contributed by atoms with Crippen molar-refractivity contribution in [2.24, 2.45) is 0 Å². The number of alkyl halides is 3. The van der Waals surface area contributed by atoms with Crippen molar-refractivity contribution in [2.75, 3.05) is 5.32 Å². The molecule has 20 heavy (non-hydrogen) atoms. The molecule has 0 bridgehead atoms. The first kappa shape index (κ1) is 15.0. The van der Waals surface area contributed by atoms with Crippen LogP contribution in [-0.2, 0) is 12.7 Å². The SMILES string of the molecule is FC(F)(F)c1ccccc1NCc1ccc(Cl)cc1Cl. The van der Waals surface area contributed by atoms with Gasteiger partial charge in [0.1, 0.15) is 0 Å². The summed E-state index contributed by atoms with van der Waals surface area (Å²) in [6.07, 6.45) is -4.40. The summed E-state index contributed by atoms with van der Waals surface area (Å²) in [6.45, 7) is 0.184. The molecule has 0 aromatic heterocycles. The van der Waals surface area contributed by atoms with Crippen LogP contribution in [0, 0.1) is 0 Å². The second-order valence-electron chi connectivity index (χ2n) is 4.13. The molecule has 0 unspecified atom stereocenters. The van der Waals surface area contributed by atoms with E-state index in [4.69, 9.17) is 23.2 Å². The van der Waals surface area contributed by atoms with Crippen LogP contribution in [0.5, 0.6) is 0 Å². The van der Waals surface area contributed by atoms with Crippen LogP contribution in [0.3, 0.4) is 0 Å². The van der Waals surface area contributed by atoms with E-state index in [0.717, 1.165) is 6.07 Å². The summed E-state index contributed by atoms with van der Waals surface area (Å²) in [5, 5.41) is 3.64. The maximum absolute atomic E-state index is 12.8. The Morgan fingerprint density at radius 2 is 1.70 bits per heavy atom. The Morgan fingerprint density at radius 3 is 2.35 bits per heavy atom. The van der Waals surface area contributed by atoms with Gasteiger partial charge in [-0.2, -0.15) is 13.2 Å². The van der Waals surface area contributed by atoms with Crippen LogP contribution in [-0.4, -0.2) is 0 Å². The van der Waals surface area contributed by atoms with E-state index in [9.17, 15) is 13.2 Å². The molecule has 0 aliphatic rings. The van der Waals surface area contributed by atoms with Crippen LogP contribution in [0.2, 0.25) is 10.0 Å². The fourth-order valence-corrected chi connectivity index (χ4v) is 2.22. The highest BCUT2D eigenvalue weighted by atomic mass is 35.5. The van der Waals surface area contributed by atoms with Gasteiger partial charge in [0.15, 0.2) is 0 Å². The number of halogens is 5. The van der Waals surface area contributed by atoms with E-state index in [0.29, 0.717) is 15.6 Å². The van der Waals surface area contributed by atoms with Crippen molar-refractivity contribution in [1.29, 1.82) is 0 Å². The molecule has 106 valence electrons. The Kier molecular flexibility index (Phi) is 4.45. The maximum Gasteiger partial charge on any atom is 0.418 e. The largest absolute Gasteiger partial charge is 0.418 e. The zero-order valence-electron chi connectivity index (χ0n) is 10.1. The zero-order chi connectivity index (χ0) is 14.8. The van der Waals surface area contributed by atoms with Gasteiger partial charge in [0.2, 0.25) is 0 Å². The first-order chi connectivity index (χ1) is 9.38. The van der Waals surface area contributed by atoms with Gasteiger partial charge >= 0.3 is 6.18 Å². The lowest BCUT2D eigenvalue weighted by Crippen LogP contribution is -2.10. The topological polar surface area (TPSA) is 12.0 Å².